The molecule has 0 aromatic heterocycles. The van der Waals surface area contributed by atoms with Crippen molar-refractivity contribution in [1.82, 2.24) is 10.2 Å². The summed E-state index contributed by atoms with van der Waals surface area (Å²) in [6.45, 7) is 7.62. The summed E-state index contributed by atoms with van der Waals surface area (Å²) in [6, 6.07) is 8.64. The summed E-state index contributed by atoms with van der Waals surface area (Å²) in [5, 5.41) is 3.48. The van der Waals surface area contributed by atoms with E-state index in [0.29, 0.717) is 5.41 Å². The molecule has 0 aliphatic carbocycles. The van der Waals surface area contributed by atoms with Gasteiger partial charge in [0.2, 0.25) is 0 Å². The van der Waals surface area contributed by atoms with Gasteiger partial charge in [-0.1, -0.05) is 26.0 Å². The van der Waals surface area contributed by atoms with Crippen molar-refractivity contribution in [1.29, 1.82) is 0 Å². The fraction of sp³-hybridized carbons (Fsp3) is 0.588. The monoisotopic (exact) mass is 288 g/mol. The zero-order chi connectivity index (χ0) is 15.5. The number of likely N-dealkylation sites (tertiary alicyclic amines) is 1. The van der Waals surface area contributed by atoms with E-state index in [4.69, 9.17) is 0 Å². The van der Waals surface area contributed by atoms with Gasteiger partial charge in [0.25, 0.3) is 0 Å². The number of hydrogen-bond acceptors (Lipinski definition) is 2. The first-order valence-electron chi connectivity index (χ1n) is 7.63. The number of nitrogens with one attached hydrogen (secondary N) is 1. The Morgan fingerprint density at radius 2 is 1.95 bits per heavy atom. The average molecular weight is 288 g/mol. The van der Waals surface area contributed by atoms with Crippen LogP contribution in [0, 0.1) is 5.41 Å². The smallest absolute Gasteiger partial charge is 0.193 e. The van der Waals surface area contributed by atoms with Crippen molar-refractivity contribution >= 4 is 11.6 Å². The molecule has 1 aliphatic heterocycles. The van der Waals surface area contributed by atoms with E-state index in [9.17, 15) is 0 Å². The summed E-state index contributed by atoms with van der Waals surface area (Å²) in [6.07, 6.45) is 1.23. The van der Waals surface area contributed by atoms with Crippen LogP contribution in [-0.2, 0) is 6.54 Å². The number of benzene rings is 1. The average Bonchev–Trinajstić information content (AvgIpc) is 2.80. The van der Waals surface area contributed by atoms with Crippen LogP contribution in [0.15, 0.2) is 29.3 Å². The molecule has 1 aromatic rings. The Morgan fingerprint density at radius 1 is 1.29 bits per heavy atom. The Labute approximate surface area is 128 Å². The summed E-state index contributed by atoms with van der Waals surface area (Å²) >= 11 is 0. The van der Waals surface area contributed by atoms with Crippen molar-refractivity contribution in [3.8, 4) is 0 Å². The molecule has 0 radical (unpaired) electrons. The number of rotatable bonds is 3. The minimum absolute atomic E-state index is 0.394. The summed E-state index contributed by atoms with van der Waals surface area (Å²) in [5.74, 6) is 1.01. The Hall–Kier alpha value is -1.71. The topological polar surface area (TPSA) is 30.9 Å². The minimum atomic E-state index is 0.394. The highest BCUT2D eigenvalue weighted by atomic mass is 15.3. The molecule has 21 heavy (non-hydrogen) atoms. The number of hydrogen-bond donors (Lipinski definition) is 1. The van der Waals surface area contributed by atoms with Crippen LogP contribution < -0.4 is 10.2 Å². The maximum Gasteiger partial charge on any atom is 0.193 e. The van der Waals surface area contributed by atoms with E-state index in [-0.39, 0.29) is 0 Å². The van der Waals surface area contributed by atoms with E-state index in [0.717, 1.165) is 25.6 Å². The van der Waals surface area contributed by atoms with Gasteiger partial charge >= 0.3 is 0 Å². The van der Waals surface area contributed by atoms with E-state index in [1.807, 2.05) is 7.05 Å². The van der Waals surface area contributed by atoms with Gasteiger partial charge in [0.1, 0.15) is 0 Å². The zero-order valence-electron chi connectivity index (χ0n) is 14.0. The third-order valence-corrected chi connectivity index (χ3v) is 4.09. The van der Waals surface area contributed by atoms with Crippen LogP contribution in [0.2, 0.25) is 0 Å². The lowest BCUT2D eigenvalue weighted by Crippen LogP contribution is -2.40. The van der Waals surface area contributed by atoms with Gasteiger partial charge in [0.15, 0.2) is 5.96 Å². The number of anilines is 1. The van der Waals surface area contributed by atoms with E-state index < -0.39 is 0 Å². The van der Waals surface area contributed by atoms with Crippen molar-refractivity contribution < 1.29 is 0 Å². The van der Waals surface area contributed by atoms with Gasteiger partial charge in [0.05, 0.1) is 0 Å². The van der Waals surface area contributed by atoms with Gasteiger partial charge in [-0.15, -0.1) is 0 Å². The fourth-order valence-corrected chi connectivity index (χ4v) is 2.72. The predicted octanol–water partition coefficient (Wildman–Crippen LogP) is 2.56. The second-order valence-corrected chi connectivity index (χ2v) is 6.80. The molecule has 116 valence electrons. The summed E-state index contributed by atoms with van der Waals surface area (Å²) in [4.78, 5) is 8.89. The summed E-state index contributed by atoms with van der Waals surface area (Å²) < 4.78 is 0. The number of aliphatic imine (C=N–C) groups is 1. The van der Waals surface area contributed by atoms with Crippen molar-refractivity contribution in [2.45, 2.75) is 26.8 Å². The molecule has 1 fully saturated rings. The van der Waals surface area contributed by atoms with Gasteiger partial charge in [0, 0.05) is 46.5 Å². The first kappa shape index (κ1) is 15.7. The molecule has 4 heteroatoms. The lowest BCUT2D eigenvalue weighted by Gasteiger charge is -2.23. The van der Waals surface area contributed by atoms with E-state index in [1.54, 1.807) is 0 Å². The van der Waals surface area contributed by atoms with Crippen LogP contribution in [0.3, 0.4) is 0 Å². The standard InChI is InChI=1S/C17H28N4/c1-17(2)10-11-21(13-17)16(18-3)19-12-14-6-8-15(9-7-14)20(4)5/h6-9H,10-13H2,1-5H3,(H,18,19). The normalized spacial score (nSPS) is 18.0. The van der Waals surface area contributed by atoms with E-state index >= 15 is 0 Å². The molecule has 1 saturated heterocycles. The molecule has 1 heterocycles. The summed E-state index contributed by atoms with van der Waals surface area (Å²) in [7, 11) is 5.98. The predicted molar refractivity (Wildman–Crippen MR) is 90.9 cm³/mol. The third-order valence-electron chi connectivity index (χ3n) is 4.09. The van der Waals surface area contributed by atoms with E-state index in [2.05, 4.69) is 72.3 Å². The largest absolute Gasteiger partial charge is 0.378 e. The quantitative estimate of drug-likeness (QED) is 0.685. The van der Waals surface area contributed by atoms with Crippen LogP contribution in [-0.4, -0.2) is 45.1 Å². The highest BCUT2D eigenvalue weighted by Crippen LogP contribution is 2.28. The second kappa shape index (κ2) is 6.37. The molecular weight excluding hydrogens is 260 g/mol. The van der Waals surface area contributed by atoms with Gasteiger partial charge in [-0.2, -0.15) is 0 Å². The first-order chi connectivity index (χ1) is 9.91. The van der Waals surface area contributed by atoms with Crippen LogP contribution in [0.1, 0.15) is 25.8 Å². The lowest BCUT2D eigenvalue weighted by molar-refractivity contribution is 0.370. The number of guanidine groups is 1. The molecule has 1 N–H and O–H groups in total. The highest BCUT2D eigenvalue weighted by molar-refractivity contribution is 5.80. The molecule has 1 aliphatic rings. The maximum absolute atomic E-state index is 4.42. The van der Waals surface area contributed by atoms with Crippen LogP contribution >= 0.6 is 0 Å². The molecular formula is C17H28N4. The second-order valence-electron chi connectivity index (χ2n) is 6.80. The van der Waals surface area contributed by atoms with Crippen LogP contribution in [0.25, 0.3) is 0 Å². The molecule has 0 amide bonds. The Kier molecular flexibility index (Phi) is 4.76. The molecule has 1 aromatic carbocycles. The van der Waals surface area contributed by atoms with Crippen LogP contribution in [0.4, 0.5) is 5.69 Å². The van der Waals surface area contributed by atoms with Crippen molar-refractivity contribution in [3.63, 3.8) is 0 Å². The van der Waals surface area contributed by atoms with Gasteiger partial charge in [-0.3, -0.25) is 4.99 Å². The number of nitrogens with zero attached hydrogens (tertiary/aromatic N) is 3. The highest BCUT2D eigenvalue weighted by Gasteiger charge is 2.30. The maximum atomic E-state index is 4.42. The molecule has 0 unspecified atom stereocenters. The fourth-order valence-electron chi connectivity index (χ4n) is 2.72. The lowest BCUT2D eigenvalue weighted by atomic mass is 9.93. The molecule has 0 saturated carbocycles. The Bertz CT molecular complexity index is 488. The first-order valence-corrected chi connectivity index (χ1v) is 7.63. The van der Waals surface area contributed by atoms with Gasteiger partial charge in [-0.25, -0.2) is 0 Å². The third kappa shape index (κ3) is 4.13. The molecule has 4 nitrogen and oxygen atoms in total. The van der Waals surface area contributed by atoms with Crippen molar-refractivity contribution in [2.24, 2.45) is 10.4 Å². The molecule has 0 spiro atoms. The minimum Gasteiger partial charge on any atom is -0.378 e. The Morgan fingerprint density at radius 3 is 2.43 bits per heavy atom. The van der Waals surface area contributed by atoms with Gasteiger partial charge in [-0.05, 0) is 29.5 Å². The van der Waals surface area contributed by atoms with Crippen LogP contribution in [0.5, 0.6) is 0 Å². The van der Waals surface area contributed by atoms with Gasteiger partial charge < -0.3 is 15.1 Å². The Balaban J connectivity index is 1.92. The molecule has 0 bridgehead atoms. The van der Waals surface area contributed by atoms with E-state index in [1.165, 1.54) is 17.7 Å². The zero-order valence-corrected chi connectivity index (χ0v) is 14.0. The summed E-state index contributed by atoms with van der Waals surface area (Å²) in [5.41, 5.74) is 2.90. The van der Waals surface area contributed by atoms with Crippen molar-refractivity contribution in [3.05, 3.63) is 29.8 Å². The SMILES string of the molecule is CN=C(NCc1ccc(N(C)C)cc1)N1CCC(C)(C)C1. The van der Waals surface area contributed by atoms with Crippen molar-refractivity contribution in [2.75, 3.05) is 39.1 Å². The molecule has 2 rings (SSSR count). The molecule has 0 atom stereocenters.